The number of nitrogens with one attached hydrogen (secondary N) is 3. The number of ether oxygens (including phenoxy) is 2. The molecule has 0 bridgehead atoms. The van der Waals surface area contributed by atoms with E-state index in [0.29, 0.717) is 17.2 Å². The van der Waals surface area contributed by atoms with Gasteiger partial charge in [-0.3, -0.25) is 19.4 Å². The van der Waals surface area contributed by atoms with E-state index in [4.69, 9.17) is 15.2 Å². The molecule has 1 aromatic heterocycles. The maximum absolute atomic E-state index is 12.6. The number of hydrogen-bond donors (Lipinski definition) is 4. The van der Waals surface area contributed by atoms with E-state index in [2.05, 4.69) is 20.6 Å². The molecule has 33 heavy (non-hydrogen) atoms. The Morgan fingerprint density at radius 2 is 1.82 bits per heavy atom. The van der Waals surface area contributed by atoms with Gasteiger partial charge in [-0.2, -0.15) is 0 Å². The first-order valence-corrected chi connectivity index (χ1v) is 10.7. The normalized spacial score (nSPS) is 10.4. The summed E-state index contributed by atoms with van der Waals surface area (Å²) in [7, 11) is 2.93. The highest BCUT2D eigenvalue weighted by Gasteiger charge is 2.16. The van der Waals surface area contributed by atoms with Gasteiger partial charge < -0.3 is 25.8 Å². The SMILES string of the molecule is COc1ccc(C(=O)Nc2c(N)nc(SCC(=O)Nc3ccccc3C)[nH]c2=O)cc1OC. The smallest absolute Gasteiger partial charge is 0.277 e. The van der Waals surface area contributed by atoms with E-state index in [1.165, 1.54) is 26.4 Å². The number of anilines is 3. The van der Waals surface area contributed by atoms with E-state index in [9.17, 15) is 14.4 Å². The number of benzene rings is 2. The number of nitrogen functional groups attached to an aromatic ring is 1. The second-order valence-electron chi connectivity index (χ2n) is 6.81. The minimum Gasteiger partial charge on any atom is -0.493 e. The van der Waals surface area contributed by atoms with E-state index in [1.807, 2.05) is 25.1 Å². The molecule has 0 aliphatic heterocycles. The summed E-state index contributed by atoms with van der Waals surface area (Å²) in [5, 5.41) is 5.41. The van der Waals surface area contributed by atoms with Crippen LogP contribution in [0.2, 0.25) is 0 Å². The van der Waals surface area contributed by atoms with E-state index in [1.54, 1.807) is 12.1 Å². The molecule has 3 rings (SSSR count). The second kappa shape index (κ2) is 10.6. The Morgan fingerprint density at radius 3 is 2.48 bits per heavy atom. The van der Waals surface area contributed by atoms with Crippen LogP contribution in [0.5, 0.6) is 11.5 Å². The number of aromatic amines is 1. The van der Waals surface area contributed by atoms with Crippen LogP contribution in [0.25, 0.3) is 0 Å². The van der Waals surface area contributed by atoms with Gasteiger partial charge in [-0.1, -0.05) is 30.0 Å². The Balaban J connectivity index is 1.67. The van der Waals surface area contributed by atoms with E-state index in [0.717, 1.165) is 17.3 Å². The van der Waals surface area contributed by atoms with Crippen molar-refractivity contribution in [3.8, 4) is 11.5 Å². The number of nitrogens with two attached hydrogens (primary N) is 1. The molecule has 10 nitrogen and oxygen atoms in total. The molecular formula is C22H23N5O5S. The number of aromatic nitrogens is 2. The Kier molecular flexibility index (Phi) is 7.57. The van der Waals surface area contributed by atoms with Gasteiger partial charge >= 0.3 is 0 Å². The number of rotatable bonds is 8. The average Bonchev–Trinajstić information content (AvgIpc) is 2.81. The number of H-pyrrole nitrogens is 1. The van der Waals surface area contributed by atoms with Crippen molar-refractivity contribution in [1.82, 2.24) is 9.97 Å². The highest BCUT2D eigenvalue weighted by atomic mass is 32.2. The summed E-state index contributed by atoms with van der Waals surface area (Å²) in [4.78, 5) is 43.9. The highest BCUT2D eigenvalue weighted by Crippen LogP contribution is 2.28. The molecule has 0 radical (unpaired) electrons. The van der Waals surface area contributed by atoms with E-state index < -0.39 is 11.5 Å². The van der Waals surface area contributed by atoms with E-state index in [-0.39, 0.29) is 33.9 Å². The summed E-state index contributed by atoms with van der Waals surface area (Å²) < 4.78 is 10.3. The van der Waals surface area contributed by atoms with Gasteiger partial charge in [-0.25, -0.2) is 4.98 Å². The van der Waals surface area contributed by atoms with Crippen molar-refractivity contribution in [2.24, 2.45) is 0 Å². The number of hydrogen-bond acceptors (Lipinski definition) is 8. The number of para-hydroxylation sites is 1. The fourth-order valence-corrected chi connectivity index (χ4v) is 3.52. The molecule has 2 aromatic carbocycles. The number of aryl methyl sites for hydroxylation is 1. The van der Waals surface area contributed by atoms with Crippen molar-refractivity contribution in [1.29, 1.82) is 0 Å². The second-order valence-corrected chi connectivity index (χ2v) is 7.77. The number of amides is 2. The summed E-state index contributed by atoms with van der Waals surface area (Å²) in [5.41, 5.74) is 6.94. The fraction of sp³-hybridized carbons (Fsp3) is 0.182. The molecule has 2 amide bonds. The van der Waals surface area contributed by atoms with Crippen LogP contribution in [0.15, 0.2) is 52.4 Å². The molecule has 0 atom stereocenters. The maximum atomic E-state index is 12.6. The van der Waals surface area contributed by atoms with Gasteiger partial charge in [-0.15, -0.1) is 0 Å². The third-order valence-electron chi connectivity index (χ3n) is 4.57. The standard InChI is InChI=1S/C22H23N5O5S/c1-12-6-4-5-7-14(12)24-17(28)11-33-22-26-19(23)18(21(30)27-22)25-20(29)13-8-9-15(31-2)16(10-13)32-3/h4-10H,11H2,1-3H3,(H,24,28)(H,25,29)(H3,23,26,27,30). The molecule has 5 N–H and O–H groups in total. The molecule has 1 heterocycles. The van der Waals surface area contributed by atoms with Crippen molar-refractivity contribution in [3.05, 3.63) is 63.9 Å². The van der Waals surface area contributed by atoms with Crippen LogP contribution in [0, 0.1) is 6.92 Å². The van der Waals surface area contributed by atoms with Gasteiger partial charge in [0.05, 0.1) is 20.0 Å². The van der Waals surface area contributed by atoms with Gasteiger partial charge in [0.15, 0.2) is 22.5 Å². The van der Waals surface area contributed by atoms with Crippen LogP contribution in [-0.4, -0.2) is 41.8 Å². The molecule has 0 saturated carbocycles. The van der Waals surface area contributed by atoms with Crippen LogP contribution in [-0.2, 0) is 4.79 Å². The summed E-state index contributed by atoms with van der Waals surface area (Å²) in [6, 6.07) is 12.0. The van der Waals surface area contributed by atoms with Crippen LogP contribution in [0.4, 0.5) is 17.2 Å². The molecule has 0 spiro atoms. The predicted molar refractivity (Wildman–Crippen MR) is 127 cm³/mol. The van der Waals surface area contributed by atoms with Crippen LogP contribution >= 0.6 is 11.8 Å². The molecule has 11 heteroatoms. The minimum atomic E-state index is -0.641. The van der Waals surface area contributed by atoms with Crippen molar-refractivity contribution in [2.75, 3.05) is 36.3 Å². The first-order valence-electron chi connectivity index (χ1n) is 9.73. The van der Waals surface area contributed by atoms with Gasteiger partial charge in [0.2, 0.25) is 5.91 Å². The van der Waals surface area contributed by atoms with E-state index >= 15 is 0 Å². The molecule has 0 aliphatic carbocycles. The molecule has 0 aliphatic rings. The number of carbonyl (C=O) groups excluding carboxylic acids is 2. The van der Waals surface area contributed by atoms with Crippen molar-refractivity contribution in [2.45, 2.75) is 12.1 Å². The van der Waals surface area contributed by atoms with Crippen LogP contribution < -0.4 is 31.4 Å². The molecule has 0 unspecified atom stereocenters. The topological polar surface area (TPSA) is 148 Å². The molecule has 3 aromatic rings. The first-order chi connectivity index (χ1) is 15.8. The monoisotopic (exact) mass is 469 g/mol. The Bertz CT molecular complexity index is 1240. The lowest BCUT2D eigenvalue weighted by Crippen LogP contribution is -2.23. The Labute approximate surface area is 193 Å². The third-order valence-corrected chi connectivity index (χ3v) is 5.44. The van der Waals surface area contributed by atoms with Crippen LogP contribution in [0.1, 0.15) is 15.9 Å². The lowest BCUT2D eigenvalue weighted by Gasteiger charge is -2.11. The first kappa shape index (κ1) is 23.7. The zero-order valence-corrected chi connectivity index (χ0v) is 19.0. The minimum absolute atomic E-state index is 0.00800. The van der Waals surface area contributed by atoms with Gasteiger partial charge in [0.1, 0.15) is 5.69 Å². The average molecular weight is 470 g/mol. The van der Waals surface area contributed by atoms with Gasteiger partial charge in [0.25, 0.3) is 11.5 Å². The molecular weight excluding hydrogens is 446 g/mol. The maximum Gasteiger partial charge on any atom is 0.277 e. The number of thioether (sulfide) groups is 1. The lowest BCUT2D eigenvalue weighted by atomic mass is 10.2. The Morgan fingerprint density at radius 1 is 1.09 bits per heavy atom. The van der Waals surface area contributed by atoms with Crippen molar-refractivity contribution >= 4 is 40.8 Å². The zero-order valence-electron chi connectivity index (χ0n) is 18.2. The molecule has 0 saturated heterocycles. The van der Waals surface area contributed by atoms with Crippen LogP contribution in [0.3, 0.4) is 0 Å². The number of nitrogens with zero attached hydrogens (tertiary/aromatic N) is 1. The largest absolute Gasteiger partial charge is 0.493 e. The van der Waals surface area contributed by atoms with Gasteiger partial charge in [0, 0.05) is 11.3 Å². The Hall–Kier alpha value is -3.99. The summed E-state index contributed by atoms with van der Waals surface area (Å²) >= 11 is 1.01. The molecule has 172 valence electrons. The lowest BCUT2D eigenvalue weighted by molar-refractivity contribution is -0.113. The van der Waals surface area contributed by atoms with Gasteiger partial charge in [-0.05, 0) is 36.8 Å². The number of methoxy groups -OCH3 is 2. The zero-order chi connectivity index (χ0) is 24.0. The molecule has 0 fully saturated rings. The highest BCUT2D eigenvalue weighted by molar-refractivity contribution is 7.99. The van der Waals surface area contributed by atoms with Crippen molar-refractivity contribution in [3.63, 3.8) is 0 Å². The van der Waals surface area contributed by atoms with Crippen molar-refractivity contribution < 1.29 is 19.1 Å². The predicted octanol–water partition coefficient (Wildman–Crippen LogP) is 2.66. The summed E-state index contributed by atoms with van der Waals surface area (Å²) in [6.45, 7) is 1.89. The summed E-state index contributed by atoms with van der Waals surface area (Å²) in [5.74, 6) is -0.181. The fourth-order valence-electron chi connectivity index (χ4n) is 2.85. The quantitative estimate of drug-likeness (QED) is 0.291. The number of carbonyl (C=O) groups is 2. The summed E-state index contributed by atoms with van der Waals surface area (Å²) in [6.07, 6.45) is 0. The third kappa shape index (κ3) is 5.83.